The first-order valence-corrected chi connectivity index (χ1v) is 6.71. The van der Waals surface area contributed by atoms with Crippen LogP contribution in [0, 0.1) is 0 Å². The maximum Gasteiger partial charge on any atom is 0.377 e. The number of ether oxygens (including phenoxy) is 1. The van der Waals surface area contributed by atoms with Crippen molar-refractivity contribution < 1.29 is 9.53 Å². The molecule has 2 aromatic heterocycles. The number of rotatable bonds is 5. The first-order chi connectivity index (χ1) is 9.65. The Morgan fingerprint density at radius 1 is 1.50 bits per heavy atom. The molecule has 0 fully saturated rings. The van der Waals surface area contributed by atoms with Gasteiger partial charge in [0.05, 0.1) is 11.6 Å². The number of carbonyl (C=O) groups is 1. The van der Waals surface area contributed by atoms with Crippen molar-refractivity contribution in [3.8, 4) is 5.82 Å². The van der Waals surface area contributed by atoms with E-state index in [4.69, 9.17) is 0 Å². The van der Waals surface area contributed by atoms with Crippen LogP contribution in [0.5, 0.6) is 0 Å². The monoisotopic (exact) mass is 340 g/mol. The average molecular weight is 341 g/mol. The van der Waals surface area contributed by atoms with Crippen molar-refractivity contribution >= 4 is 27.8 Å². The van der Waals surface area contributed by atoms with Gasteiger partial charge in [0.25, 0.3) is 5.82 Å². The Morgan fingerprint density at radius 2 is 2.30 bits per heavy atom. The Bertz CT molecular complexity index is 615. The summed E-state index contributed by atoms with van der Waals surface area (Å²) in [5.74, 6) is 0.348. The normalized spacial score (nSPS) is 10.3. The zero-order valence-corrected chi connectivity index (χ0v) is 12.6. The highest BCUT2D eigenvalue weighted by molar-refractivity contribution is 9.10. The van der Waals surface area contributed by atoms with E-state index < -0.39 is 5.97 Å². The summed E-state index contributed by atoms with van der Waals surface area (Å²) in [5.41, 5.74) is 0. The summed E-state index contributed by atoms with van der Waals surface area (Å²) in [7, 11) is 1.27. The van der Waals surface area contributed by atoms with Crippen LogP contribution in [0.1, 0.15) is 24.0 Å². The minimum Gasteiger partial charge on any atom is -0.463 e. The maximum atomic E-state index is 11.3. The number of aromatic nitrogens is 5. The summed E-state index contributed by atoms with van der Waals surface area (Å²) < 4.78 is 6.58. The van der Waals surface area contributed by atoms with Gasteiger partial charge in [0, 0.05) is 12.7 Å². The van der Waals surface area contributed by atoms with Gasteiger partial charge in [-0.3, -0.25) is 0 Å². The first-order valence-electron chi connectivity index (χ1n) is 5.92. The van der Waals surface area contributed by atoms with Crippen molar-refractivity contribution in [1.82, 2.24) is 24.7 Å². The second-order valence-corrected chi connectivity index (χ2v) is 4.65. The Hall–Kier alpha value is -2.03. The Balaban J connectivity index is 2.31. The molecular weight excluding hydrogens is 328 g/mol. The summed E-state index contributed by atoms with van der Waals surface area (Å²) in [6.45, 7) is 2.82. The zero-order valence-electron chi connectivity index (χ0n) is 11.0. The summed E-state index contributed by atoms with van der Waals surface area (Å²) in [4.78, 5) is 23.7. The van der Waals surface area contributed by atoms with Crippen LogP contribution in [0.25, 0.3) is 5.82 Å². The van der Waals surface area contributed by atoms with Gasteiger partial charge in [-0.2, -0.15) is 4.98 Å². The van der Waals surface area contributed by atoms with E-state index in [9.17, 15) is 4.79 Å². The van der Waals surface area contributed by atoms with Crippen LogP contribution in [0.3, 0.4) is 0 Å². The predicted octanol–water partition coefficient (Wildman–Crippen LogP) is 1.43. The molecule has 20 heavy (non-hydrogen) atoms. The van der Waals surface area contributed by atoms with Gasteiger partial charge < -0.3 is 10.1 Å². The minimum absolute atomic E-state index is 0.0268. The van der Waals surface area contributed by atoms with Gasteiger partial charge in [-0.25, -0.2) is 19.4 Å². The molecule has 0 unspecified atom stereocenters. The molecule has 0 aliphatic carbocycles. The highest BCUT2D eigenvalue weighted by Gasteiger charge is 2.14. The molecule has 0 atom stereocenters. The third kappa shape index (κ3) is 3.10. The number of carbonyl (C=O) groups excluding carboxylic acids is 1. The fourth-order valence-corrected chi connectivity index (χ4v) is 1.76. The van der Waals surface area contributed by atoms with Crippen molar-refractivity contribution in [2.24, 2.45) is 0 Å². The SMILES string of the molecule is CCCNc1ncc(Br)c(-n2cnc(C(=O)OC)n2)n1. The van der Waals surface area contributed by atoms with E-state index in [0.29, 0.717) is 16.2 Å². The molecule has 0 saturated carbocycles. The number of hydrogen-bond donors (Lipinski definition) is 1. The second-order valence-electron chi connectivity index (χ2n) is 3.80. The van der Waals surface area contributed by atoms with Crippen LogP contribution in [0.15, 0.2) is 17.0 Å². The standard InChI is InChI=1S/C11H13BrN6O2/c1-3-4-13-11-14-5-7(12)9(16-11)18-6-15-8(17-18)10(19)20-2/h5-6H,3-4H2,1-2H3,(H,13,14,16). The number of esters is 1. The maximum absolute atomic E-state index is 11.3. The van der Waals surface area contributed by atoms with Crippen molar-refractivity contribution in [1.29, 1.82) is 0 Å². The fourth-order valence-electron chi connectivity index (χ4n) is 1.39. The summed E-state index contributed by atoms with van der Waals surface area (Å²) in [5, 5.41) is 7.09. The molecule has 2 heterocycles. The number of nitrogens with zero attached hydrogens (tertiary/aromatic N) is 5. The van der Waals surface area contributed by atoms with E-state index in [1.54, 1.807) is 6.20 Å². The molecule has 2 rings (SSSR count). The lowest BCUT2D eigenvalue weighted by molar-refractivity contribution is 0.0587. The van der Waals surface area contributed by atoms with Crippen LogP contribution < -0.4 is 5.32 Å². The minimum atomic E-state index is -0.599. The van der Waals surface area contributed by atoms with Crippen molar-refractivity contribution in [3.63, 3.8) is 0 Å². The third-order valence-electron chi connectivity index (χ3n) is 2.34. The van der Waals surface area contributed by atoms with Crippen molar-refractivity contribution in [2.45, 2.75) is 13.3 Å². The van der Waals surface area contributed by atoms with Crippen molar-refractivity contribution in [2.75, 3.05) is 19.0 Å². The number of halogens is 1. The van der Waals surface area contributed by atoms with Gasteiger partial charge >= 0.3 is 5.97 Å². The topological polar surface area (TPSA) is 94.8 Å². The molecule has 8 nitrogen and oxygen atoms in total. The largest absolute Gasteiger partial charge is 0.463 e. The van der Waals surface area contributed by atoms with E-state index in [-0.39, 0.29) is 5.82 Å². The quantitative estimate of drug-likeness (QED) is 0.822. The molecule has 0 amide bonds. The molecule has 0 spiro atoms. The average Bonchev–Trinajstić information content (AvgIpc) is 2.95. The second kappa shape index (κ2) is 6.42. The van der Waals surface area contributed by atoms with Crippen LogP contribution >= 0.6 is 15.9 Å². The molecule has 1 N–H and O–H groups in total. The van der Waals surface area contributed by atoms with Gasteiger partial charge in [0.15, 0.2) is 5.82 Å². The summed E-state index contributed by atoms with van der Waals surface area (Å²) in [6, 6.07) is 0. The molecule has 0 aliphatic heterocycles. The zero-order chi connectivity index (χ0) is 14.5. The molecule has 0 radical (unpaired) electrons. The fraction of sp³-hybridized carbons (Fsp3) is 0.364. The molecule has 0 aromatic carbocycles. The van der Waals surface area contributed by atoms with Crippen LogP contribution in [-0.4, -0.2) is 44.4 Å². The molecule has 0 saturated heterocycles. The Morgan fingerprint density at radius 3 is 3.00 bits per heavy atom. The third-order valence-corrected chi connectivity index (χ3v) is 2.89. The van der Waals surface area contributed by atoms with E-state index in [1.165, 1.54) is 18.1 Å². The highest BCUT2D eigenvalue weighted by atomic mass is 79.9. The van der Waals surface area contributed by atoms with E-state index >= 15 is 0 Å². The van der Waals surface area contributed by atoms with Gasteiger partial charge in [-0.15, -0.1) is 5.10 Å². The van der Waals surface area contributed by atoms with Crippen molar-refractivity contribution in [3.05, 3.63) is 22.8 Å². The highest BCUT2D eigenvalue weighted by Crippen LogP contribution is 2.18. The number of nitrogens with one attached hydrogen (secondary N) is 1. The van der Waals surface area contributed by atoms with Gasteiger partial charge in [-0.1, -0.05) is 6.92 Å². The molecule has 0 bridgehead atoms. The van der Waals surface area contributed by atoms with Gasteiger partial charge in [-0.05, 0) is 22.4 Å². The number of methoxy groups -OCH3 is 1. The van der Waals surface area contributed by atoms with Crippen LogP contribution in [0.2, 0.25) is 0 Å². The summed E-state index contributed by atoms with van der Waals surface area (Å²) >= 11 is 3.34. The summed E-state index contributed by atoms with van der Waals surface area (Å²) in [6.07, 6.45) is 3.97. The van der Waals surface area contributed by atoms with E-state index in [0.717, 1.165) is 13.0 Å². The van der Waals surface area contributed by atoms with E-state index in [2.05, 4.69) is 46.0 Å². The lowest BCUT2D eigenvalue weighted by Gasteiger charge is -2.06. The molecule has 9 heteroatoms. The molecular formula is C11H13BrN6O2. The molecule has 106 valence electrons. The Kier molecular flexibility index (Phi) is 4.61. The molecule has 2 aromatic rings. The lowest BCUT2D eigenvalue weighted by atomic mass is 10.5. The molecule has 0 aliphatic rings. The predicted molar refractivity (Wildman–Crippen MR) is 74.8 cm³/mol. The lowest BCUT2D eigenvalue weighted by Crippen LogP contribution is -2.09. The van der Waals surface area contributed by atoms with Crippen LogP contribution in [0.4, 0.5) is 5.95 Å². The Labute approximate surface area is 123 Å². The van der Waals surface area contributed by atoms with Gasteiger partial charge in [0.2, 0.25) is 5.95 Å². The number of hydrogen-bond acceptors (Lipinski definition) is 7. The van der Waals surface area contributed by atoms with Gasteiger partial charge in [0.1, 0.15) is 6.33 Å². The smallest absolute Gasteiger partial charge is 0.377 e. The van der Waals surface area contributed by atoms with Crippen LogP contribution in [-0.2, 0) is 4.74 Å². The first kappa shape index (κ1) is 14.4. The van der Waals surface area contributed by atoms with E-state index in [1.807, 2.05) is 6.92 Å². The number of anilines is 1.